The highest BCUT2D eigenvalue weighted by Crippen LogP contribution is 2.29. The quantitative estimate of drug-likeness (QED) is 0.592. The number of aromatic nitrogens is 2. The third-order valence-electron chi connectivity index (χ3n) is 4.60. The van der Waals surface area contributed by atoms with Crippen molar-refractivity contribution >= 4 is 23.1 Å². The van der Waals surface area contributed by atoms with Crippen LogP contribution in [0.15, 0.2) is 42.6 Å². The van der Waals surface area contributed by atoms with Crippen molar-refractivity contribution in [2.75, 3.05) is 11.9 Å². The zero-order valence-electron chi connectivity index (χ0n) is 16.5. The van der Waals surface area contributed by atoms with E-state index >= 15 is 0 Å². The first-order chi connectivity index (χ1) is 14.2. The number of benzene rings is 1. The summed E-state index contributed by atoms with van der Waals surface area (Å²) in [6.45, 7) is 3.95. The summed E-state index contributed by atoms with van der Waals surface area (Å²) >= 11 is 0. The Labute approximate surface area is 171 Å². The van der Waals surface area contributed by atoms with Gasteiger partial charge in [-0.15, -0.1) is 0 Å². The van der Waals surface area contributed by atoms with Gasteiger partial charge in [0.2, 0.25) is 5.91 Å². The molecule has 3 rings (SSSR count). The van der Waals surface area contributed by atoms with Gasteiger partial charge in [-0.25, -0.2) is 4.98 Å². The number of nitrogens with zero attached hydrogens (tertiary/aromatic N) is 2. The van der Waals surface area contributed by atoms with E-state index in [1.54, 1.807) is 17.5 Å². The van der Waals surface area contributed by atoms with Crippen LogP contribution in [0.5, 0.6) is 0 Å². The zero-order valence-corrected chi connectivity index (χ0v) is 16.5. The van der Waals surface area contributed by atoms with Crippen LogP contribution in [-0.4, -0.2) is 27.7 Å². The average molecular weight is 418 g/mol. The number of fused-ring (bicyclic) bond motifs is 1. The van der Waals surface area contributed by atoms with E-state index in [0.717, 1.165) is 23.3 Å². The van der Waals surface area contributed by atoms with Gasteiger partial charge in [0.05, 0.1) is 11.3 Å². The Bertz CT molecular complexity index is 1070. The average Bonchev–Trinajstić information content (AvgIpc) is 3.02. The molecule has 0 saturated heterocycles. The number of pyridine rings is 1. The van der Waals surface area contributed by atoms with Crippen LogP contribution in [0.2, 0.25) is 0 Å². The van der Waals surface area contributed by atoms with E-state index in [0.29, 0.717) is 17.8 Å². The molecule has 3 aromatic rings. The maximum atomic E-state index is 12.6. The number of alkyl halides is 3. The first-order valence-electron chi connectivity index (χ1n) is 9.36. The fourth-order valence-electron chi connectivity index (χ4n) is 3.09. The molecule has 2 aromatic heterocycles. The molecule has 0 aliphatic heterocycles. The lowest BCUT2D eigenvalue weighted by Crippen LogP contribution is -2.27. The predicted molar refractivity (Wildman–Crippen MR) is 106 cm³/mol. The third-order valence-corrected chi connectivity index (χ3v) is 4.60. The second kappa shape index (κ2) is 8.56. The number of carbonyl (C=O) groups excluding carboxylic acids is 2. The van der Waals surface area contributed by atoms with E-state index in [1.165, 1.54) is 12.1 Å². The number of hydrogen-bond acceptors (Lipinski definition) is 3. The Hall–Kier alpha value is -3.36. The minimum absolute atomic E-state index is 0.118. The standard InChI is InChI=1S/C21H21F3N4O2/c1-13-5-4-12-28-18(14(2)26-19(13)28)20(30)25-11-3-6-17(29)27-16-9-7-15(8-10-16)21(22,23)24/h4-5,7-10,12H,3,6,11H2,1-2H3,(H,25,30)(H,27,29). The molecule has 6 nitrogen and oxygen atoms in total. The summed E-state index contributed by atoms with van der Waals surface area (Å²) in [5.74, 6) is -0.626. The van der Waals surface area contributed by atoms with Gasteiger partial charge in [0, 0.05) is 24.8 Å². The van der Waals surface area contributed by atoms with Gasteiger partial charge >= 0.3 is 6.18 Å². The van der Waals surface area contributed by atoms with Crippen molar-refractivity contribution in [3.05, 3.63) is 65.1 Å². The van der Waals surface area contributed by atoms with Crippen molar-refractivity contribution in [3.8, 4) is 0 Å². The minimum atomic E-state index is -4.42. The number of anilines is 1. The van der Waals surface area contributed by atoms with Gasteiger partial charge in [0.15, 0.2) is 0 Å². The molecule has 0 saturated carbocycles. The van der Waals surface area contributed by atoms with Gasteiger partial charge in [-0.05, 0) is 56.2 Å². The zero-order chi connectivity index (χ0) is 21.9. The van der Waals surface area contributed by atoms with Crippen LogP contribution in [-0.2, 0) is 11.0 Å². The van der Waals surface area contributed by atoms with Crippen molar-refractivity contribution in [2.24, 2.45) is 0 Å². The maximum Gasteiger partial charge on any atom is 0.416 e. The van der Waals surface area contributed by atoms with Gasteiger partial charge in [0.1, 0.15) is 11.3 Å². The van der Waals surface area contributed by atoms with Crippen LogP contribution < -0.4 is 10.6 Å². The summed E-state index contributed by atoms with van der Waals surface area (Å²) in [5, 5.41) is 5.32. The van der Waals surface area contributed by atoms with Crippen molar-refractivity contribution in [1.82, 2.24) is 14.7 Å². The summed E-state index contributed by atoms with van der Waals surface area (Å²) in [6.07, 6.45) is -2.15. The van der Waals surface area contributed by atoms with E-state index in [1.807, 2.05) is 19.1 Å². The molecular formula is C21H21F3N4O2. The van der Waals surface area contributed by atoms with E-state index < -0.39 is 11.7 Å². The monoisotopic (exact) mass is 418 g/mol. The van der Waals surface area contributed by atoms with Crippen LogP contribution in [0.25, 0.3) is 5.65 Å². The summed E-state index contributed by atoms with van der Waals surface area (Å²) in [4.78, 5) is 28.9. The number of halogens is 3. The number of carbonyl (C=O) groups is 2. The van der Waals surface area contributed by atoms with Gasteiger partial charge in [-0.1, -0.05) is 6.07 Å². The highest BCUT2D eigenvalue weighted by Gasteiger charge is 2.30. The summed E-state index contributed by atoms with van der Waals surface area (Å²) in [5.41, 5.74) is 2.25. The summed E-state index contributed by atoms with van der Waals surface area (Å²) < 4.78 is 39.4. The Morgan fingerprint density at radius 1 is 1.10 bits per heavy atom. The van der Waals surface area contributed by atoms with Crippen molar-refractivity contribution in [1.29, 1.82) is 0 Å². The number of aryl methyl sites for hydroxylation is 2. The van der Waals surface area contributed by atoms with E-state index in [2.05, 4.69) is 15.6 Å². The van der Waals surface area contributed by atoms with Gasteiger partial charge in [0.25, 0.3) is 5.91 Å². The molecule has 30 heavy (non-hydrogen) atoms. The van der Waals surface area contributed by atoms with Gasteiger partial charge in [-0.3, -0.25) is 14.0 Å². The molecule has 158 valence electrons. The van der Waals surface area contributed by atoms with Gasteiger partial charge in [-0.2, -0.15) is 13.2 Å². The second-order valence-electron chi connectivity index (χ2n) is 6.91. The number of amides is 2. The van der Waals surface area contributed by atoms with Crippen LogP contribution in [0.4, 0.5) is 18.9 Å². The second-order valence-corrected chi connectivity index (χ2v) is 6.91. The van der Waals surface area contributed by atoms with Crippen molar-refractivity contribution < 1.29 is 22.8 Å². The summed E-state index contributed by atoms with van der Waals surface area (Å²) in [7, 11) is 0. The SMILES string of the molecule is Cc1nc2c(C)cccn2c1C(=O)NCCCC(=O)Nc1ccc(C(F)(F)F)cc1. The van der Waals surface area contributed by atoms with E-state index in [4.69, 9.17) is 0 Å². The highest BCUT2D eigenvalue weighted by atomic mass is 19.4. The number of rotatable bonds is 6. The first-order valence-corrected chi connectivity index (χ1v) is 9.36. The van der Waals surface area contributed by atoms with Crippen LogP contribution in [0.3, 0.4) is 0 Å². The molecule has 2 heterocycles. The fourth-order valence-corrected chi connectivity index (χ4v) is 3.09. The smallest absolute Gasteiger partial charge is 0.351 e. The van der Waals surface area contributed by atoms with Gasteiger partial charge < -0.3 is 10.6 Å². The molecule has 0 bridgehead atoms. The lowest BCUT2D eigenvalue weighted by Gasteiger charge is -2.09. The lowest BCUT2D eigenvalue weighted by molar-refractivity contribution is -0.137. The number of imidazole rings is 1. The Morgan fingerprint density at radius 3 is 2.47 bits per heavy atom. The Balaban J connectivity index is 1.49. The summed E-state index contributed by atoms with van der Waals surface area (Å²) in [6, 6.07) is 7.99. The molecule has 1 aromatic carbocycles. The Kier molecular flexibility index (Phi) is 6.09. The van der Waals surface area contributed by atoms with Crippen LogP contribution in [0.1, 0.15) is 40.2 Å². The topological polar surface area (TPSA) is 75.5 Å². The lowest BCUT2D eigenvalue weighted by atomic mass is 10.2. The minimum Gasteiger partial charge on any atom is -0.351 e. The molecule has 0 fully saturated rings. The molecule has 0 unspecified atom stereocenters. The molecule has 0 spiro atoms. The largest absolute Gasteiger partial charge is 0.416 e. The number of nitrogens with one attached hydrogen (secondary N) is 2. The highest BCUT2D eigenvalue weighted by molar-refractivity contribution is 5.95. The first kappa shape index (κ1) is 21.4. The van der Waals surface area contributed by atoms with Crippen molar-refractivity contribution in [3.63, 3.8) is 0 Å². The number of hydrogen-bond donors (Lipinski definition) is 2. The molecule has 0 radical (unpaired) electrons. The molecule has 0 aliphatic rings. The third kappa shape index (κ3) is 4.79. The molecule has 2 amide bonds. The van der Waals surface area contributed by atoms with Crippen LogP contribution in [0, 0.1) is 13.8 Å². The fraction of sp³-hybridized carbons (Fsp3) is 0.286. The molecule has 2 N–H and O–H groups in total. The normalized spacial score (nSPS) is 11.5. The van der Waals surface area contributed by atoms with E-state index in [9.17, 15) is 22.8 Å². The molecule has 0 aliphatic carbocycles. The Morgan fingerprint density at radius 2 is 1.80 bits per heavy atom. The van der Waals surface area contributed by atoms with Crippen molar-refractivity contribution in [2.45, 2.75) is 32.9 Å². The predicted octanol–water partition coefficient (Wildman–Crippen LogP) is 4.12. The maximum absolute atomic E-state index is 12.6. The van der Waals surface area contributed by atoms with Crippen LogP contribution >= 0.6 is 0 Å². The molecule has 9 heteroatoms. The molecular weight excluding hydrogens is 397 g/mol. The van der Waals surface area contributed by atoms with E-state index in [-0.39, 0.29) is 30.5 Å². The molecule has 0 atom stereocenters.